The Hall–Kier alpha value is -2.34. The number of nitrogens with zero attached hydrogens (tertiary/aromatic N) is 2. The van der Waals surface area contributed by atoms with E-state index in [4.69, 9.17) is 4.74 Å². The Morgan fingerprint density at radius 2 is 2.09 bits per heavy atom. The molecule has 23 heavy (non-hydrogen) atoms. The molecule has 0 atom stereocenters. The highest BCUT2D eigenvalue weighted by molar-refractivity contribution is 7.09. The minimum Gasteiger partial charge on any atom is -0.507 e. The molecule has 0 aliphatic heterocycles. The van der Waals surface area contributed by atoms with E-state index < -0.39 is 0 Å². The Labute approximate surface area is 139 Å². The topological polar surface area (TPSA) is 71.0 Å². The van der Waals surface area contributed by atoms with Crippen molar-refractivity contribution in [2.75, 3.05) is 7.11 Å². The molecule has 0 radical (unpaired) electrons. The van der Waals surface area contributed by atoms with Crippen LogP contribution in [0.5, 0.6) is 11.5 Å². The zero-order chi connectivity index (χ0) is 16.6. The highest BCUT2D eigenvalue weighted by Crippen LogP contribution is 2.40. The number of aromatic nitrogens is 3. The van der Waals surface area contributed by atoms with Crippen LogP contribution in [0.15, 0.2) is 17.5 Å². The van der Waals surface area contributed by atoms with Crippen LogP contribution in [0.3, 0.4) is 0 Å². The van der Waals surface area contributed by atoms with Gasteiger partial charge in [0, 0.05) is 28.3 Å². The molecule has 2 N–H and O–H groups in total. The first-order valence-electron chi connectivity index (χ1n) is 7.42. The molecular weight excluding hydrogens is 310 g/mol. The second-order valence-corrected chi connectivity index (χ2v) is 6.42. The van der Waals surface area contributed by atoms with Gasteiger partial charge in [-0.2, -0.15) is 5.10 Å². The van der Waals surface area contributed by atoms with Crippen LogP contribution < -0.4 is 4.74 Å². The molecule has 2 heterocycles. The fourth-order valence-corrected chi connectivity index (χ4v) is 3.29. The molecule has 0 bridgehead atoms. The van der Waals surface area contributed by atoms with Crippen LogP contribution >= 0.6 is 11.3 Å². The summed E-state index contributed by atoms with van der Waals surface area (Å²) in [6.07, 6.45) is 0.811. The molecule has 6 heteroatoms. The quantitative estimate of drug-likeness (QED) is 0.756. The predicted molar refractivity (Wildman–Crippen MR) is 92.2 cm³/mol. The summed E-state index contributed by atoms with van der Waals surface area (Å²) in [7, 11) is 1.61. The van der Waals surface area contributed by atoms with E-state index in [1.807, 2.05) is 25.3 Å². The summed E-state index contributed by atoms with van der Waals surface area (Å²) in [5, 5.41) is 20.9. The largest absolute Gasteiger partial charge is 0.507 e. The highest BCUT2D eigenvalue weighted by atomic mass is 32.1. The van der Waals surface area contributed by atoms with E-state index in [1.165, 1.54) is 0 Å². The van der Waals surface area contributed by atoms with Crippen LogP contribution in [-0.4, -0.2) is 27.4 Å². The maximum Gasteiger partial charge on any atom is 0.128 e. The maximum atomic E-state index is 10.4. The van der Waals surface area contributed by atoms with E-state index in [9.17, 15) is 5.11 Å². The van der Waals surface area contributed by atoms with Gasteiger partial charge in [-0.25, -0.2) is 4.98 Å². The van der Waals surface area contributed by atoms with Gasteiger partial charge in [0.15, 0.2) is 0 Å². The van der Waals surface area contributed by atoms with E-state index in [0.717, 1.165) is 33.9 Å². The van der Waals surface area contributed by atoms with Crippen molar-refractivity contribution < 1.29 is 9.84 Å². The van der Waals surface area contributed by atoms with Crippen molar-refractivity contribution in [1.29, 1.82) is 0 Å². The van der Waals surface area contributed by atoms with E-state index in [0.29, 0.717) is 17.0 Å². The third kappa shape index (κ3) is 2.70. The van der Waals surface area contributed by atoms with Crippen LogP contribution in [0.25, 0.3) is 22.5 Å². The van der Waals surface area contributed by atoms with Gasteiger partial charge in [-0.3, -0.25) is 5.10 Å². The molecule has 3 aromatic rings. The fraction of sp³-hybridized carbons (Fsp3) is 0.294. The van der Waals surface area contributed by atoms with E-state index >= 15 is 0 Å². The summed E-state index contributed by atoms with van der Waals surface area (Å²) in [6.45, 7) is 5.99. The Morgan fingerprint density at radius 1 is 1.30 bits per heavy atom. The standard InChI is InChI=1S/C17H19N3O2S/c1-5-11-6-12(14(21)7-15(11)22-4)17-16(9(2)19-20-17)13-8-23-10(3)18-13/h6-8,21H,5H2,1-4H3,(H,19,20). The van der Waals surface area contributed by atoms with Crippen LogP contribution in [0.4, 0.5) is 0 Å². The molecule has 0 saturated carbocycles. The van der Waals surface area contributed by atoms with Crippen molar-refractivity contribution in [3.05, 3.63) is 33.8 Å². The number of benzene rings is 1. The summed E-state index contributed by atoms with van der Waals surface area (Å²) in [5.74, 6) is 0.839. The van der Waals surface area contributed by atoms with Crippen molar-refractivity contribution in [2.24, 2.45) is 0 Å². The average Bonchev–Trinajstić information content (AvgIpc) is 3.12. The number of thiazole rings is 1. The van der Waals surface area contributed by atoms with Gasteiger partial charge in [0.1, 0.15) is 17.2 Å². The van der Waals surface area contributed by atoms with Crippen LogP contribution in [0.2, 0.25) is 0 Å². The number of nitrogens with one attached hydrogen (secondary N) is 1. The fourth-order valence-electron chi connectivity index (χ4n) is 2.69. The summed E-state index contributed by atoms with van der Waals surface area (Å²) in [6, 6.07) is 3.58. The molecule has 3 rings (SSSR count). The maximum absolute atomic E-state index is 10.4. The molecule has 5 nitrogen and oxygen atoms in total. The Bertz CT molecular complexity index is 852. The number of methoxy groups -OCH3 is 1. The predicted octanol–water partition coefficient (Wildman–Crippen LogP) is 4.09. The number of H-pyrrole nitrogens is 1. The van der Waals surface area contributed by atoms with E-state index in [-0.39, 0.29) is 5.75 Å². The number of hydrogen-bond acceptors (Lipinski definition) is 5. The highest BCUT2D eigenvalue weighted by Gasteiger charge is 2.20. The Balaban J connectivity index is 2.20. The van der Waals surface area contributed by atoms with Gasteiger partial charge >= 0.3 is 0 Å². The van der Waals surface area contributed by atoms with Gasteiger partial charge in [-0.1, -0.05) is 6.92 Å². The van der Waals surface area contributed by atoms with Gasteiger partial charge in [-0.15, -0.1) is 11.3 Å². The smallest absolute Gasteiger partial charge is 0.128 e. The second-order valence-electron chi connectivity index (χ2n) is 5.36. The molecule has 0 unspecified atom stereocenters. The molecule has 0 spiro atoms. The summed E-state index contributed by atoms with van der Waals surface area (Å²) in [4.78, 5) is 4.56. The van der Waals surface area contributed by atoms with Crippen molar-refractivity contribution in [2.45, 2.75) is 27.2 Å². The molecule has 0 aliphatic carbocycles. The number of aryl methyl sites for hydroxylation is 3. The molecule has 0 aliphatic rings. The molecule has 120 valence electrons. The average molecular weight is 329 g/mol. The van der Waals surface area contributed by atoms with Gasteiger partial charge in [0.05, 0.1) is 17.8 Å². The molecule has 0 saturated heterocycles. The first-order valence-corrected chi connectivity index (χ1v) is 8.30. The van der Waals surface area contributed by atoms with Crippen LogP contribution in [0.1, 0.15) is 23.2 Å². The van der Waals surface area contributed by atoms with Crippen molar-refractivity contribution in [3.8, 4) is 34.0 Å². The summed E-state index contributed by atoms with van der Waals surface area (Å²) in [5.41, 5.74) is 5.16. The molecule has 1 aromatic carbocycles. The van der Waals surface area contributed by atoms with Gasteiger partial charge < -0.3 is 9.84 Å². The third-order valence-electron chi connectivity index (χ3n) is 3.86. The number of rotatable bonds is 4. The molecule has 2 aromatic heterocycles. The summed E-state index contributed by atoms with van der Waals surface area (Å²) < 4.78 is 5.33. The lowest BCUT2D eigenvalue weighted by Gasteiger charge is -2.11. The third-order valence-corrected chi connectivity index (χ3v) is 4.63. The Morgan fingerprint density at radius 3 is 2.70 bits per heavy atom. The first-order chi connectivity index (χ1) is 11.0. The number of hydrogen-bond donors (Lipinski definition) is 2. The van der Waals surface area contributed by atoms with E-state index in [2.05, 4.69) is 22.1 Å². The number of ether oxygens (including phenoxy) is 1. The molecular formula is C17H19N3O2S. The minimum absolute atomic E-state index is 0.152. The molecule has 0 fully saturated rings. The number of phenols is 1. The van der Waals surface area contributed by atoms with Crippen LogP contribution in [-0.2, 0) is 6.42 Å². The van der Waals surface area contributed by atoms with Crippen molar-refractivity contribution in [1.82, 2.24) is 15.2 Å². The zero-order valence-electron chi connectivity index (χ0n) is 13.6. The number of aromatic hydroxyl groups is 1. The van der Waals surface area contributed by atoms with Gasteiger partial charge in [0.25, 0.3) is 0 Å². The van der Waals surface area contributed by atoms with Crippen LogP contribution in [0, 0.1) is 13.8 Å². The minimum atomic E-state index is 0.152. The zero-order valence-corrected chi connectivity index (χ0v) is 14.4. The lowest BCUT2D eigenvalue weighted by Crippen LogP contribution is -1.93. The normalized spacial score (nSPS) is 11.0. The molecule has 0 amide bonds. The Kier molecular flexibility index (Phi) is 4.09. The van der Waals surface area contributed by atoms with Gasteiger partial charge in [-0.05, 0) is 31.9 Å². The number of phenolic OH excluding ortho intramolecular Hbond substituents is 1. The monoisotopic (exact) mass is 329 g/mol. The lowest BCUT2D eigenvalue weighted by atomic mass is 9.99. The first kappa shape index (κ1) is 15.6. The van der Waals surface area contributed by atoms with Gasteiger partial charge in [0.2, 0.25) is 0 Å². The van der Waals surface area contributed by atoms with E-state index in [1.54, 1.807) is 24.5 Å². The lowest BCUT2D eigenvalue weighted by molar-refractivity contribution is 0.403. The van der Waals surface area contributed by atoms with Crippen molar-refractivity contribution in [3.63, 3.8) is 0 Å². The second kappa shape index (κ2) is 6.04. The summed E-state index contributed by atoms with van der Waals surface area (Å²) >= 11 is 1.60. The number of aromatic amines is 1. The van der Waals surface area contributed by atoms with Crippen molar-refractivity contribution >= 4 is 11.3 Å². The SMILES string of the molecule is CCc1cc(-c2n[nH]c(C)c2-c2csc(C)n2)c(O)cc1OC.